The number of hydrogen-bond donors (Lipinski definition) is 1. The molecule has 0 atom stereocenters. The van der Waals surface area contributed by atoms with Crippen LogP contribution in [0.4, 0.5) is 0 Å². The van der Waals surface area contributed by atoms with E-state index in [9.17, 15) is 4.79 Å². The zero-order chi connectivity index (χ0) is 10.6. The maximum Gasteiger partial charge on any atom is 0.312 e. The second-order valence-corrected chi connectivity index (χ2v) is 3.69. The number of halogens is 1. The van der Waals surface area contributed by atoms with Gasteiger partial charge >= 0.3 is 5.97 Å². The Labute approximate surface area is 93.6 Å². The van der Waals surface area contributed by atoms with Crippen molar-refractivity contribution in [2.24, 2.45) is 0 Å². The van der Waals surface area contributed by atoms with E-state index in [0.717, 1.165) is 5.56 Å². The van der Waals surface area contributed by atoms with Crippen LogP contribution in [0.2, 0.25) is 5.02 Å². The van der Waals surface area contributed by atoms with Gasteiger partial charge < -0.3 is 4.74 Å². The Kier molecular flexibility index (Phi) is 4.29. The minimum Gasteiger partial charge on any atom is -0.425 e. The van der Waals surface area contributed by atoms with Crippen LogP contribution in [0.25, 0.3) is 0 Å². The number of esters is 1. The summed E-state index contributed by atoms with van der Waals surface area (Å²) < 4.78 is 5.10. The SMILES string of the molecule is Cc1cccc(Cl)c1OC(=O)CCS. The highest BCUT2D eigenvalue weighted by atomic mass is 35.5. The van der Waals surface area contributed by atoms with Crippen molar-refractivity contribution in [3.8, 4) is 5.75 Å². The maximum absolute atomic E-state index is 11.2. The smallest absolute Gasteiger partial charge is 0.312 e. The molecule has 0 fully saturated rings. The molecule has 1 rings (SSSR count). The van der Waals surface area contributed by atoms with Crippen molar-refractivity contribution in [1.82, 2.24) is 0 Å². The Morgan fingerprint density at radius 3 is 2.86 bits per heavy atom. The van der Waals surface area contributed by atoms with E-state index >= 15 is 0 Å². The molecule has 0 aliphatic rings. The lowest BCUT2D eigenvalue weighted by Gasteiger charge is -2.07. The van der Waals surface area contributed by atoms with Crippen molar-refractivity contribution < 1.29 is 9.53 Å². The summed E-state index contributed by atoms with van der Waals surface area (Å²) in [7, 11) is 0. The molecule has 0 N–H and O–H groups in total. The molecule has 0 aromatic heterocycles. The Morgan fingerprint density at radius 2 is 2.29 bits per heavy atom. The molecule has 0 aliphatic carbocycles. The number of rotatable bonds is 3. The van der Waals surface area contributed by atoms with Gasteiger partial charge in [0.05, 0.1) is 11.4 Å². The van der Waals surface area contributed by atoms with Crippen LogP contribution in [0.3, 0.4) is 0 Å². The summed E-state index contributed by atoms with van der Waals surface area (Å²) in [5, 5.41) is 0.456. The number of thiol groups is 1. The second-order valence-electron chi connectivity index (χ2n) is 2.83. The van der Waals surface area contributed by atoms with E-state index < -0.39 is 0 Å². The zero-order valence-electron chi connectivity index (χ0n) is 7.79. The summed E-state index contributed by atoms with van der Waals surface area (Å²) in [4.78, 5) is 11.2. The molecular formula is C10H11ClO2S. The predicted molar refractivity (Wildman–Crippen MR) is 60.3 cm³/mol. The summed E-state index contributed by atoms with van der Waals surface area (Å²) >= 11 is 9.82. The van der Waals surface area contributed by atoms with Gasteiger partial charge in [0.25, 0.3) is 0 Å². The van der Waals surface area contributed by atoms with Crippen molar-refractivity contribution in [1.29, 1.82) is 0 Å². The van der Waals surface area contributed by atoms with Gasteiger partial charge in [-0.3, -0.25) is 4.79 Å². The van der Waals surface area contributed by atoms with Crippen LogP contribution >= 0.6 is 24.2 Å². The van der Waals surface area contributed by atoms with E-state index in [1.54, 1.807) is 6.07 Å². The standard InChI is InChI=1S/C10H11ClO2S/c1-7-3-2-4-8(11)10(7)13-9(12)5-6-14/h2-4,14H,5-6H2,1H3. The molecular weight excluding hydrogens is 220 g/mol. The van der Waals surface area contributed by atoms with Gasteiger partial charge in [0.1, 0.15) is 0 Å². The highest BCUT2D eigenvalue weighted by Gasteiger charge is 2.09. The zero-order valence-corrected chi connectivity index (χ0v) is 9.44. The van der Waals surface area contributed by atoms with Gasteiger partial charge in [-0.15, -0.1) is 0 Å². The van der Waals surface area contributed by atoms with Gasteiger partial charge in [-0.05, 0) is 18.6 Å². The molecule has 1 aromatic carbocycles. The molecule has 0 heterocycles. The molecule has 4 heteroatoms. The van der Waals surface area contributed by atoms with Crippen LogP contribution in [0.5, 0.6) is 5.75 Å². The lowest BCUT2D eigenvalue weighted by atomic mass is 10.2. The van der Waals surface area contributed by atoms with E-state index in [1.807, 2.05) is 19.1 Å². The molecule has 0 bridgehead atoms. The molecule has 2 nitrogen and oxygen atoms in total. The van der Waals surface area contributed by atoms with Gasteiger partial charge in [-0.2, -0.15) is 12.6 Å². The van der Waals surface area contributed by atoms with Gasteiger partial charge in [-0.1, -0.05) is 23.7 Å². The van der Waals surface area contributed by atoms with Crippen LogP contribution in [-0.2, 0) is 4.79 Å². The number of para-hydroxylation sites is 1. The molecule has 76 valence electrons. The number of carbonyl (C=O) groups excluding carboxylic acids is 1. The number of aryl methyl sites for hydroxylation is 1. The summed E-state index contributed by atoms with van der Waals surface area (Å²) in [6.07, 6.45) is 0.285. The van der Waals surface area contributed by atoms with Crippen molar-refractivity contribution >= 4 is 30.2 Å². The average Bonchev–Trinajstić information content (AvgIpc) is 2.12. The van der Waals surface area contributed by atoms with Crippen LogP contribution in [-0.4, -0.2) is 11.7 Å². The fourth-order valence-corrected chi connectivity index (χ4v) is 1.44. The molecule has 0 aliphatic heterocycles. The maximum atomic E-state index is 11.2. The van der Waals surface area contributed by atoms with Gasteiger partial charge in [-0.25, -0.2) is 0 Å². The van der Waals surface area contributed by atoms with E-state index in [0.29, 0.717) is 16.5 Å². The second kappa shape index (κ2) is 5.27. The largest absolute Gasteiger partial charge is 0.425 e. The van der Waals surface area contributed by atoms with Gasteiger partial charge in [0, 0.05) is 5.75 Å². The molecule has 0 amide bonds. The number of hydrogen-bond acceptors (Lipinski definition) is 3. The van der Waals surface area contributed by atoms with Crippen molar-refractivity contribution in [3.05, 3.63) is 28.8 Å². The summed E-state index contributed by atoms with van der Waals surface area (Å²) in [5.74, 6) is 0.611. The molecule has 14 heavy (non-hydrogen) atoms. The van der Waals surface area contributed by atoms with E-state index in [1.165, 1.54) is 0 Å². The first-order valence-electron chi connectivity index (χ1n) is 4.22. The van der Waals surface area contributed by atoms with Crippen LogP contribution < -0.4 is 4.74 Å². The predicted octanol–water partition coefficient (Wildman–Crippen LogP) is 2.87. The van der Waals surface area contributed by atoms with Crippen LogP contribution in [0.1, 0.15) is 12.0 Å². The van der Waals surface area contributed by atoms with Crippen molar-refractivity contribution in [2.45, 2.75) is 13.3 Å². The minimum atomic E-state index is -0.309. The fourth-order valence-electron chi connectivity index (χ4n) is 1.00. The Bertz CT molecular complexity index is 319. The summed E-state index contributed by atoms with van der Waals surface area (Å²) in [6, 6.07) is 5.35. The van der Waals surface area contributed by atoms with E-state index in [-0.39, 0.29) is 12.4 Å². The summed E-state index contributed by atoms with van der Waals surface area (Å²) in [5.41, 5.74) is 0.852. The first kappa shape index (κ1) is 11.4. The normalized spacial score (nSPS) is 9.93. The van der Waals surface area contributed by atoms with Crippen molar-refractivity contribution in [2.75, 3.05) is 5.75 Å². The van der Waals surface area contributed by atoms with Gasteiger partial charge in [0.2, 0.25) is 0 Å². The average molecular weight is 231 g/mol. The Balaban J connectivity index is 2.80. The molecule has 0 saturated heterocycles. The van der Waals surface area contributed by atoms with E-state index in [2.05, 4.69) is 12.6 Å². The van der Waals surface area contributed by atoms with Crippen LogP contribution in [0, 0.1) is 6.92 Å². The Morgan fingerprint density at radius 1 is 1.57 bits per heavy atom. The first-order chi connectivity index (χ1) is 6.65. The Hall–Kier alpha value is -0.670. The number of carbonyl (C=O) groups is 1. The molecule has 0 saturated carbocycles. The lowest BCUT2D eigenvalue weighted by Crippen LogP contribution is -2.09. The number of ether oxygens (including phenoxy) is 1. The fraction of sp³-hybridized carbons (Fsp3) is 0.300. The number of benzene rings is 1. The summed E-state index contributed by atoms with van der Waals surface area (Å²) in [6.45, 7) is 1.84. The van der Waals surface area contributed by atoms with E-state index in [4.69, 9.17) is 16.3 Å². The highest BCUT2D eigenvalue weighted by Crippen LogP contribution is 2.28. The monoisotopic (exact) mass is 230 g/mol. The third-order valence-corrected chi connectivity index (χ3v) is 2.22. The van der Waals surface area contributed by atoms with Crippen LogP contribution in [0.15, 0.2) is 18.2 Å². The topological polar surface area (TPSA) is 26.3 Å². The molecule has 0 radical (unpaired) electrons. The molecule has 0 unspecified atom stereocenters. The molecule has 0 spiro atoms. The highest BCUT2D eigenvalue weighted by molar-refractivity contribution is 7.80. The lowest BCUT2D eigenvalue weighted by molar-refractivity contribution is -0.133. The third kappa shape index (κ3) is 2.93. The van der Waals surface area contributed by atoms with Gasteiger partial charge in [0.15, 0.2) is 5.75 Å². The van der Waals surface area contributed by atoms with Crippen molar-refractivity contribution in [3.63, 3.8) is 0 Å². The molecule has 1 aromatic rings. The third-order valence-electron chi connectivity index (χ3n) is 1.70. The minimum absolute atomic E-state index is 0.285. The first-order valence-corrected chi connectivity index (χ1v) is 5.23. The quantitative estimate of drug-likeness (QED) is 0.491.